The highest BCUT2D eigenvalue weighted by Gasteiger charge is 2.29. The van der Waals surface area contributed by atoms with Crippen molar-refractivity contribution < 1.29 is 4.79 Å². The minimum absolute atomic E-state index is 0.0587. The fourth-order valence-corrected chi connectivity index (χ4v) is 1.83. The van der Waals surface area contributed by atoms with Crippen LogP contribution in [0.2, 0.25) is 0 Å². The Morgan fingerprint density at radius 2 is 2.25 bits per heavy atom. The maximum atomic E-state index is 11.9. The zero-order chi connectivity index (χ0) is 11.7. The monoisotopic (exact) mass is 219 g/mol. The van der Waals surface area contributed by atoms with E-state index in [1.54, 1.807) is 12.1 Å². The summed E-state index contributed by atoms with van der Waals surface area (Å²) in [7, 11) is 0. The molecule has 1 heterocycles. The highest BCUT2D eigenvalue weighted by molar-refractivity contribution is 5.95. The van der Waals surface area contributed by atoms with Crippen LogP contribution >= 0.6 is 0 Å². The topological polar surface area (TPSA) is 68.0 Å². The molecule has 1 aliphatic carbocycles. The number of nitrogens with zero attached hydrogens (tertiary/aromatic N) is 1. The average Bonchev–Trinajstić information content (AvgIpc) is 2.98. The predicted molar refractivity (Wildman–Crippen MR) is 63.0 cm³/mol. The van der Waals surface area contributed by atoms with Crippen LogP contribution in [0.15, 0.2) is 12.1 Å². The van der Waals surface area contributed by atoms with E-state index in [-0.39, 0.29) is 11.9 Å². The number of hydrogen-bond donors (Lipinski definition) is 2. The van der Waals surface area contributed by atoms with Crippen LogP contribution in [-0.4, -0.2) is 16.9 Å². The summed E-state index contributed by atoms with van der Waals surface area (Å²) in [6, 6.07) is 3.62. The van der Waals surface area contributed by atoms with Gasteiger partial charge in [-0.2, -0.15) is 0 Å². The molecule has 3 N–H and O–H groups in total. The maximum absolute atomic E-state index is 11.9. The molecule has 1 saturated carbocycles. The summed E-state index contributed by atoms with van der Waals surface area (Å²) >= 11 is 0. The van der Waals surface area contributed by atoms with Crippen molar-refractivity contribution in [3.63, 3.8) is 0 Å². The fourth-order valence-electron chi connectivity index (χ4n) is 1.83. The van der Waals surface area contributed by atoms with E-state index in [4.69, 9.17) is 5.73 Å². The SMILES string of the molecule is Cc1cc(C(=O)NC(C)C2CC2)cc(N)n1. The minimum Gasteiger partial charge on any atom is -0.384 e. The van der Waals surface area contributed by atoms with Crippen LogP contribution < -0.4 is 11.1 Å². The Morgan fingerprint density at radius 1 is 1.56 bits per heavy atom. The van der Waals surface area contributed by atoms with Crippen LogP contribution in [0.25, 0.3) is 0 Å². The van der Waals surface area contributed by atoms with Gasteiger partial charge in [0, 0.05) is 17.3 Å². The molecular formula is C12H17N3O. The first-order valence-corrected chi connectivity index (χ1v) is 5.61. The first-order valence-electron chi connectivity index (χ1n) is 5.61. The zero-order valence-corrected chi connectivity index (χ0v) is 9.66. The first kappa shape index (κ1) is 10.9. The number of nitrogens with one attached hydrogen (secondary N) is 1. The van der Waals surface area contributed by atoms with Crippen molar-refractivity contribution in [1.29, 1.82) is 0 Å². The number of nitrogens with two attached hydrogens (primary N) is 1. The number of pyridine rings is 1. The number of carbonyl (C=O) groups is 1. The molecule has 16 heavy (non-hydrogen) atoms. The lowest BCUT2D eigenvalue weighted by Crippen LogP contribution is -2.34. The first-order chi connectivity index (χ1) is 7.56. The van der Waals surface area contributed by atoms with E-state index in [2.05, 4.69) is 10.3 Å². The maximum Gasteiger partial charge on any atom is 0.251 e. The summed E-state index contributed by atoms with van der Waals surface area (Å²) in [5.74, 6) is 0.991. The molecule has 86 valence electrons. The normalized spacial score (nSPS) is 16.9. The van der Waals surface area contributed by atoms with E-state index in [9.17, 15) is 4.79 Å². The van der Waals surface area contributed by atoms with Crippen molar-refractivity contribution in [2.75, 3.05) is 5.73 Å². The third-order valence-electron chi connectivity index (χ3n) is 2.92. The number of rotatable bonds is 3. The lowest BCUT2D eigenvalue weighted by Gasteiger charge is -2.13. The molecule has 0 aromatic carbocycles. The molecule has 1 amide bonds. The smallest absolute Gasteiger partial charge is 0.251 e. The quantitative estimate of drug-likeness (QED) is 0.809. The molecule has 0 bridgehead atoms. The predicted octanol–water partition coefficient (Wildman–Crippen LogP) is 1.50. The van der Waals surface area contributed by atoms with E-state index in [1.165, 1.54) is 12.8 Å². The standard InChI is InChI=1S/C12H17N3O/c1-7-5-10(6-11(13)14-7)12(16)15-8(2)9-3-4-9/h5-6,8-9H,3-4H2,1-2H3,(H2,13,14)(H,15,16). The molecule has 0 saturated heterocycles. The van der Waals surface area contributed by atoms with Crippen molar-refractivity contribution in [2.45, 2.75) is 32.7 Å². The number of aromatic nitrogens is 1. The number of anilines is 1. The lowest BCUT2D eigenvalue weighted by molar-refractivity contribution is 0.0935. The molecule has 4 nitrogen and oxygen atoms in total. The van der Waals surface area contributed by atoms with Crippen molar-refractivity contribution in [2.24, 2.45) is 5.92 Å². The van der Waals surface area contributed by atoms with Gasteiger partial charge in [0.1, 0.15) is 5.82 Å². The van der Waals surface area contributed by atoms with Gasteiger partial charge in [-0.15, -0.1) is 0 Å². The zero-order valence-electron chi connectivity index (χ0n) is 9.66. The Labute approximate surface area is 95.3 Å². The molecule has 0 spiro atoms. The molecular weight excluding hydrogens is 202 g/mol. The van der Waals surface area contributed by atoms with E-state index in [0.717, 1.165) is 5.69 Å². The largest absolute Gasteiger partial charge is 0.384 e. The molecule has 1 aliphatic rings. The Kier molecular flexibility index (Phi) is 2.81. The second-order valence-electron chi connectivity index (χ2n) is 4.52. The number of hydrogen-bond acceptors (Lipinski definition) is 3. The molecule has 4 heteroatoms. The second kappa shape index (κ2) is 4.12. The van der Waals surface area contributed by atoms with Crippen molar-refractivity contribution in [3.05, 3.63) is 23.4 Å². The fraction of sp³-hybridized carbons (Fsp3) is 0.500. The van der Waals surface area contributed by atoms with Gasteiger partial charge in [-0.05, 0) is 44.7 Å². The van der Waals surface area contributed by atoms with Crippen LogP contribution in [0.3, 0.4) is 0 Å². The molecule has 0 radical (unpaired) electrons. The van der Waals surface area contributed by atoms with Gasteiger partial charge < -0.3 is 11.1 Å². The summed E-state index contributed by atoms with van der Waals surface area (Å²) in [4.78, 5) is 15.9. The highest BCUT2D eigenvalue weighted by atomic mass is 16.1. The summed E-state index contributed by atoms with van der Waals surface area (Å²) in [6.07, 6.45) is 2.44. The molecule has 2 rings (SSSR count). The third kappa shape index (κ3) is 2.51. The van der Waals surface area contributed by atoms with Crippen molar-refractivity contribution in [3.8, 4) is 0 Å². The van der Waals surface area contributed by atoms with Gasteiger partial charge in [0.15, 0.2) is 0 Å². The third-order valence-corrected chi connectivity index (χ3v) is 2.92. The van der Waals surface area contributed by atoms with E-state index >= 15 is 0 Å². The molecule has 1 aromatic heterocycles. The Hall–Kier alpha value is -1.58. The summed E-state index contributed by atoms with van der Waals surface area (Å²) in [6.45, 7) is 3.88. The lowest BCUT2D eigenvalue weighted by atomic mass is 10.1. The summed E-state index contributed by atoms with van der Waals surface area (Å²) in [5.41, 5.74) is 6.97. The van der Waals surface area contributed by atoms with Gasteiger partial charge >= 0.3 is 0 Å². The van der Waals surface area contributed by atoms with Gasteiger partial charge in [-0.1, -0.05) is 0 Å². The Balaban J connectivity index is 2.07. The van der Waals surface area contributed by atoms with Crippen LogP contribution in [0.1, 0.15) is 35.8 Å². The van der Waals surface area contributed by atoms with Crippen LogP contribution in [-0.2, 0) is 0 Å². The Bertz CT molecular complexity index is 392. The van der Waals surface area contributed by atoms with E-state index in [1.807, 2.05) is 13.8 Å². The van der Waals surface area contributed by atoms with Gasteiger partial charge in [0.05, 0.1) is 0 Å². The Morgan fingerprint density at radius 3 is 2.81 bits per heavy atom. The summed E-state index contributed by atoms with van der Waals surface area (Å²) in [5, 5.41) is 2.99. The van der Waals surface area contributed by atoms with Crippen LogP contribution in [0.4, 0.5) is 5.82 Å². The molecule has 1 unspecified atom stereocenters. The van der Waals surface area contributed by atoms with Gasteiger partial charge in [0.25, 0.3) is 5.91 Å². The second-order valence-corrected chi connectivity index (χ2v) is 4.52. The number of carbonyl (C=O) groups excluding carboxylic acids is 1. The minimum atomic E-state index is -0.0587. The van der Waals surface area contributed by atoms with E-state index in [0.29, 0.717) is 17.3 Å². The molecule has 1 fully saturated rings. The van der Waals surface area contributed by atoms with Crippen LogP contribution in [0.5, 0.6) is 0 Å². The van der Waals surface area contributed by atoms with Gasteiger partial charge in [-0.25, -0.2) is 4.98 Å². The van der Waals surface area contributed by atoms with Gasteiger partial charge in [-0.3, -0.25) is 4.79 Å². The van der Waals surface area contributed by atoms with Crippen molar-refractivity contribution in [1.82, 2.24) is 10.3 Å². The van der Waals surface area contributed by atoms with E-state index < -0.39 is 0 Å². The number of aryl methyl sites for hydroxylation is 1. The number of nitrogen functional groups attached to an aromatic ring is 1. The average molecular weight is 219 g/mol. The van der Waals surface area contributed by atoms with Crippen LogP contribution in [0, 0.1) is 12.8 Å². The van der Waals surface area contributed by atoms with Crippen molar-refractivity contribution >= 4 is 11.7 Å². The highest BCUT2D eigenvalue weighted by Crippen LogP contribution is 2.32. The molecule has 0 aliphatic heterocycles. The summed E-state index contributed by atoms with van der Waals surface area (Å²) < 4.78 is 0. The molecule has 1 aromatic rings. The van der Waals surface area contributed by atoms with Gasteiger partial charge in [0.2, 0.25) is 0 Å². The molecule has 1 atom stereocenters. The number of amides is 1.